The Morgan fingerprint density at radius 1 is 0.931 bits per heavy atom. The summed E-state index contributed by atoms with van der Waals surface area (Å²) in [5, 5.41) is 3.02. The molecule has 1 N–H and O–H groups in total. The third kappa shape index (κ3) is 5.11. The molecule has 1 amide bonds. The first-order valence-corrected chi connectivity index (χ1v) is 9.60. The molecular weight excluding hydrogens is 362 g/mol. The summed E-state index contributed by atoms with van der Waals surface area (Å²) in [6.07, 6.45) is 0.150. The van der Waals surface area contributed by atoms with Crippen molar-refractivity contribution in [2.24, 2.45) is 0 Å². The smallest absolute Gasteiger partial charge is 0.225 e. The Hall–Kier alpha value is -3.40. The van der Waals surface area contributed by atoms with Gasteiger partial charge in [0.05, 0.1) is 19.6 Å². The van der Waals surface area contributed by atoms with Gasteiger partial charge in [0.15, 0.2) is 5.78 Å². The van der Waals surface area contributed by atoms with E-state index in [-0.39, 0.29) is 24.2 Å². The number of hydrogen-bond donors (Lipinski definition) is 1. The topological polar surface area (TPSA) is 55.4 Å². The molecule has 3 rings (SSSR count). The maximum atomic E-state index is 12.6. The molecule has 0 aliphatic heterocycles. The van der Waals surface area contributed by atoms with Gasteiger partial charge in [0, 0.05) is 11.1 Å². The van der Waals surface area contributed by atoms with Crippen LogP contribution in [0.25, 0.3) is 11.1 Å². The molecule has 0 spiro atoms. The molecule has 0 aliphatic rings. The van der Waals surface area contributed by atoms with Crippen LogP contribution in [0.3, 0.4) is 0 Å². The molecule has 148 valence electrons. The molecule has 0 saturated carbocycles. The summed E-state index contributed by atoms with van der Waals surface area (Å²) in [7, 11) is 1.56. The minimum Gasteiger partial charge on any atom is -0.496 e. The highest BCUT2D eigenvalue weighted by Gasteiger charge is 2.14. The lowest BCUT2D eigenvalue weighted by Crippen LogP contribution is -2.28. The number of carbonyl (C=O) groups excluding carboxylic acids is 2. The second kappa shape index (κ2) is 9.20. The Balaban J connectivity index is 1.68. The SMILES string of the molecule is COc1ccc(C(C)=O)cc1CC(=O)NC(C)c1ccc(-c2ccccc2)cc1. The van der Waals surface area contributed by atoms with Crippen LogP contribution in [0.2, 0.25) is 0 Å². The van der Waals surface area contributed by atoms with Crippen molar-refractivity contribution in [2.75, 3.05) is 7.11 Å². The fraction of sp³-hybridized carbons (Fsp3) is 0.200. The zero-order valence-corrected chi connectivity index (χ0v) is 16.9. The van der Waals surface area contributed by atoms with E-state index in [1.54, 1.807) is 25.3 Å². The first-order valence-electron chi connectivity index (χ1n) is 9.60. The molecule has 3 aromatic rings. The Morgan fingerprint density at radius 3 is 2.21 bits per heavy atom. The summed E-state index contributed by atoms with van der Waals surface area (Å²) >= 11 is 0. The average Bonchev–Trinajstić information content (AvgIpc) is 2.74. The molecular formula is C25H25NO3. The molecule has 0 bridgehead atoms. The molecule has 0 aliphatic carbocycles. The van der Waals surface area contributed by atoms with E-state index < -0.39 is 0 Å². The molecule has 0 radical (unpaired) electrons. The minimum atomic E-state index is -0.130. The number of methoxy groups -OCH3 is 1. The fourth-order valence-corrected chi connectivity index (χ4v) is 3.28. The maximum absolute atomic E-state index is 12.6. The summed E-state index contributed by atoms with van der Waals surface area (Å²) < 4.78 is 5.33. The Kier molecular flexibility index (Phi) is 6.45. The summed E-state index contributed by atoms with van der Waals surface area (Å²) in [4.78, 5) is 24.2. The van der Waals surface area contributed by atoms with Gasteiger partial charge in [-0.1, -0.05) is 54.6 Å². The number of amides is 1. The van der Waals surface area contributed by atoms with Crippen molar-refractivity contribution in [3.05, 3.63) is 89.5 Å². The second-order valence-corrected chi connectivity index (χ2v) is 7.04. The lowest BCUT2D eigenvalue weighted by Gasteiger charge is -2.16. The number of ether oxygens (including phenoxy) is 1. The van der Waals surface area contributed by atoms with Gasteiger partial charge in [-0.15, -0.1) is 0 Å². The van der Waals surface area contributed by atoms with Crippen molar-refractivity contribution >= 4 is 11.7 Å². The van der Waals surface area contributed by atoms with Crippen molar-refractivity contribution < 1.29 is 14.3 Å². The highest BCUT2D eigenvalue weighted by atomic mass is 16.5. The zero-order valence-electron chi connectivity index (χ0n) is 16.9. The molecule has 4 nitrogen and oxygen atoms in total. The van der Waals surface area contributed by atoms with Crippen molar-refractivity contribution in [3.8, 4) is 16.9 Å². The fourth-order valence-electron chi connectivity index (χ4n) is 3.28. The standard InChI is InChI=1S/C25H25NO3/c1-17(19-9-11-21(12-10-19)20-7-5-4-6-8-20)26-25(28)16-23-15-22(18(2)27)13-14-24(23)29-3/h4-15,17H,16H2,1-3H3,(H,26,28). The number of benzene rings is 3. The van der Waals surface area contributed by atoms with E-state index in [2.05, 4.69) is 29.6 Å². The largest absolute Gasteiger partial charge is 0.496 e. The summed E-state index contributed by atoms with van der Waals surface area (Å²) in [6, 6.07) is 23.4. The zero-order chi connectivity index (χ0) is 20.8. The third-order valence-electron chi connectivity index (χ3n) is 4.93. The first kappa shape index (κ1) is 20.3. The van der Waals surface area contributed by atoms with E-state index in [0.29, 0.717) is 16.9 Å². The molecule has 3 aromatic carbocycles. The average molecular weight is 387 g/mol. The number of rotatable bonds is 7. The summed E-state index contributed by atoms with van der Waals surface area (Å²) in [5.41, 5.74) is 4.59. The lowest BCUT2D eigenvalue weighted by molar-refractivity contribution is -0.121. The molecule has 0 aromatic heterocycles. The van der Waals surface area contributed by atoms with Crippen LogP contribution in [0.15, 0.2) is 72.8 Å². The van der Waals surface area contributed by atoms with Crippen LogP contribution in [0.1, 0.15) is 41.4 Å². The molecule has 0 heterocycles. The number of Topliss-reactive ketones (excluding diaryl/α,β-unsaturated/α-hetero) is 1. The Labute approximate surface area is 171 Å². The maximum Gasteiger partial charge on any atom is 0.225 e. The van der Waals surface area contributed by atoms with Crippen molar-refractivity contribution in [1.82, 2.24) is 5.32 Å². The molecule has 1 unspecified atom stereocenters. The summed E-state index contributed by atoms with van der Waals surface area (Å²) in [6.45, 7) is 3.46. The predicted molar refractivity (Wildman–Crippen MR) is 115 cm³/mol. The van der Waals surface area contributed by atoms with Crippen molar-refractivity contribution in [1.29, 1.82) is 0 Å². The molecule has 4 heteroatoms. The van der Waals surface area contributed by atoms with Gasteiger partial charge >= 0.3 is 0 Å². The van der Waals surface area contributed by atoms with E-state index in [9.17, 15) is 9.59 Å². The minimum absolute atomic E-state index is 0.0406. The van der Waals surface area contributed by atoms with Gasteiger partial charge < -0.3 is 10.1 Å². The van der Waals surface area contributed by atoms with Crippen molar-refractivity contribution in [2.45, 2.75) is 26.3 Å². The highest BCUT2D eigenvalue weighted by molar-refractivity contribution is 5.94. The number of nitrogens with one attached hydrogen (secondary N) is 1. The predicted octanol–water partition coefficient (Wildman–Crippen LogP) is 4.98. The Morgan fingerprint density at radius 2 is 1.59 bits per heavy atom. The number of ketones is 1. The van der Waals surface area contributed by atoms with E-state index >= 15 is 0 Å². The van der Waals surface area contributed by atoms with Crippen molar-refractivity contribution in [3.63, 3.8) is 0 Å². The lowest BCUT2D eigenvalue weighted by atomic mass is 10.0. The monoisotopic (exact) mass is 387 g/mol. The van der Waals surface area contributed by atoms with Gasteiger partial charge in [-0.2, -0.15) is 0 Å². The van der Waals surface area contributed by atoms with Gasteiger partial charge in [-0.05, 0) is 48.7 Å². The van der Waals surface area contributed by atoms with E-state index in [1.807, 2.05) is 37.3 Å². The first-order chi connectivity index (χ1) is 14.0. The quantitative estimate of drug-likeness (QED) is 0.582. The normalized spacial score (nSPS) is 11.6. The van der Waals surface area contributed by atoms with Gasteiger partial charge in [0.2, 0.25) is 5.91 Å². The highest BCUT2D eigenvalue weighted by Crippen LogP contribution is 2.23. The van der Waals surface area contributed by atoms with Crippen LogP contribution in [-0.4, -0.2) is 18.8 Å². The summed E-state index contributed by atoms with van der Waals surface area (Å²) in [5.74, 6) is 0.440. The van der Waals surface area contributed by atoms with Crippen LogP contribution in [0.5, 0.6) is 5.75 Å². The van der Waals surface area contributed by atoms with Gasteiger partial charge in [-0.3, -0.25) is 9.59 Å². The molecule has 0 saturated heterocycles. The van der Waals surface area contributed by atoms with Gasteiger partial charge in [-0.25, -0.2) is 0 Å². The van der Waals surface area contributed by atoms with E-state index in [0.717, 1.165) is 16.7 Å². The van der Waals surface area contributed by atoms with Gasteiger partial charge in [0.1, 0.15) is 5.75 Å². The number of hydrogen-bond acceptors (Lipinski definition) is 3. The van der Waals surface area contributed by atoms with E-state index in [1.165, 1.54) is 6.92 Å². The second-order valence-electron chi connectivity index (χ2n) is 7.04. The number of carbonyl (C=O) groups is 2. The van der Waals surface area contributed by atoms with Crippen LogP contribution in [0.4, 0.5) is 0 Å². The van der Waals surface area contributed by atoms with Crippen LogP contribution < -0.4 is 10.1 Å². The van der Waals surface area contributed by atoms with E-state index in [4.69, 9.17) is 4.74 Å². The van der Waals surface area contributed by atoms with Gasteiger partial charge in [0.25, 0.3) is 0 Å². The molecule has 29 heavy (non-hydrogen) atoms. The molecule has 1 atom stereocenters. The van der Waals surface area contributed by atoms with Crippen LogP contribution in [0, 0.1) is 0 Å². The van der Waals surface area contributed by atoms with Crippen LogP contribution >= 0.6 is 0 Å². The third-order valence-corrected chi connectivity index (χ3v) is 4.93. The Bertz CT molecular complexity index is 994. The van der Waals surface area contributed by atoms with Crippen LogP contribution in [-0.2, 0) is 11.2 Å². The molecule has 0 fully saturated rings.